The molecule has 0 unspecified atom stereocenters. The van der Waals surface area contributed by atoms with Crippen LogP contribution in [0.25, 0.3) is 0 Å². The van der Waals surface area contributed by atoms with Gasteiger partial charge in [0.25, 0.3) is 0 Å². The quantitative estimate of drug-likeness (QED) is 0.771. The second kappa shape index (κ2) is 4.73. The van der Waals surface area contributed by atoms with Crippen molar-refractivity contribution in [2.45, 2.75) is 20.8 Å². The first-order chi connectivity index (χ1) is 7.02. The third kappa shape index (κ3) is 2.91. The zero-order valence-electron chi connectivity index (χ0n) is 9.10. The minimum absolute atomic E-state index is 0.0173. The molecule has 15 heavy (non-hydrogen) atoms. The molecule has 0 radical (unpaired) electrons. The van der Waals surface area contributed by atoms with Gasteiger partial charge < -0.3 is 5.32 Å². The number of Topliss-reactive ketones (excluding diaryl/α,β-unsaturated/α-hetero) is 1. The molecule has 0 heterocycles. The number of nitrogens with one attached hydrogen (secondary N) is 1. The highest BCUT2D eigenvalue weighted by Crippen LogP contribution is 2.16. The van der Waals surface area contributed by atoms with E-state index in [2.05, 4.69) is 5.32 Å². The van der Waals surface area contributed by atoms with Crippen molar-refractivity contribution in [3.63, 3.8) is 0 Å². The van der Waals surface area contributed by atoms with E-state index in [1.165, 1.54) is 13.0 Å². The van der Waals surface area contributed by atoms with Crippen molar-refractivity contribution >= 4 is 11.5 Å². The van der Waals surface area contributed by atoms with E-state index in [0.29, 0.717) is 17.0 Å². The minimum Gasteiger partial charge on any atom is -0.356 e. The molecule has 1 rings (SSSR count). The largest absolute Gasteiger partial charge is 0.356 e. The average Bonchev–Trinajstić information content (AvgIpc) is 2.20. The fourth-order valence-corrected chi connectivity index (χ4v) is 1.12. The second-order valence-electron chi connectivity index (χ2n) is 3.41. The lowest BCUT2D eigenvalue weighted by Gasteiger charge is -2.09. The maximum atomic E-state index is 13.2. The monoisotopic (exact) mass is 207 g/mol. The molecule has 0 saturated heterocycles. The zero-order chi connectivity index (χ0) is 11.4. The number of para-hydroxylation sites is 1. The van der Waals surface area contributed by atoms with Crippen molar-refractivity contribution in [2.24, 2.45) is 0 Å². The molecule has 0 spiro atoms. The summed E-state index contributed by atoms with van der Waals surface area (Å²) in [6, 6.07) is 6.37. The number of allylic oxidation sites excluding steroid dienone is 2. The molecule has 0 amide bonds. The van der Waals surface area contributed by atoms with E-state index in [4.69, 9.17) is 0 Å². The maximum absolute atomic E-state index is 13.2. The number of benzene rings is 1. The summed E-state index contributed by atoms with van der Waals surface area (Å²) in [5.74, 6) is -0.343. The fourth-order valence-electron chi connectivity index (χ4n) is 1.12. The van der Waals surface area contributed by atoms with Gasteiger partial charge in [-0.2, -0.15) is 0 Å². The molecule has 0 aliphatic carbocycles. The predicted molar refractivity (Wildman–Crippen MR) is 59.1 cm³/mol. The Hall–Kier alpha value is -1.64. The Balaban J connectivity index is 2.93. The van der Waals surface area contributed by atoms with Crippen LogP contribution in [0.3, 0.4) is 0 Å². The van der Waals surface area contributed by atoms with E-state index in [0.717, 1.165) is 0 Å². The van der Waals surface area contributed by atoms with Gasteiger partial charge in [-0.1, -0.05) is 12.1 Å². The van der Waals surface area contributed by atoms with Gasteiger partial charge in [-0.25, -0.2) is 4.39 Å². The number of ketones is 1. The van der Waals surface area contributed by atoms with Crippen molar-refractivity contribution in [3.8, 4) is 0 Å². The molecule has 3 heteroatoms. The Kier molecular flexibility index (Phi) is 3.61. The fraction of sp³-hybridized carbons (Fsp3) is 0.250. The van der Waals surface area contributed by atoms with E-state index in [1.54, 1.807) is 32.0 Å². The Bertz CT molecular complexity index is 410. The van der Waals surface area contributed by atoms with Crippen molar-refractivity contribution in [2.75, 3.05) is 5.32 Å². The van der Waals surface area contributed by atoms with Crippen LogP contribution in [-0.2, 0) is 4.79 Å². The first-order valence-corrected chi connectivity index (χ1v) is 4.72. The SMILES string of the molecule is CC(=O)C(C)=C(C)Nc1ccccc1F. The van der Waals surface area contributed by atoms with Crippen molar-refractivity contribution < 1.29 is 9.18 Å². The van der Waals surface area contributed by atoms with Crippen LogP contribution in [0, 0.1) is 5.82 Å². The van der Waals surface area contributed by atoms with Gasteiger partial charge in [-0.3, -0.25) is 4.79 Å². The smallest absolute Gasteiger partial charge is 0.157 e. The molecular formula is C12H14FNO. The van der Waals surface area contributed by atoms with Crippen LogP contribution >= 0.6 is 0 Å². The topological polar surface area (TPSA) is 29.1 Å². The molecule has 0 fully saturated rings. The van der Waals surface area contributed by atoms with Crippen LogP contribution in [0.4, 0.5) is 10.1 Å². The number of halogens is 1. The minimum atomic E-state index is -0.326. The van der Waals surface area contributed by atoms with E-state index < -0.39 is 0 Å². The summed E-state index contributed by atoms with van der Waals surface area (Å²) in [5.41, 5.74) is 1.67. The van der Waals surface area contributed by atoms with Gasteiger partial charge in [0.1, 0.15) is 5.82 Å². The summed E-state index contributed by atoms with van der Waals surface area (Å²) in [5, 5.41) is 2.88. The summed E-state index contributed by atoms with van der Waals surface area (Å²) in [6.07, 6.45) is 0. The molecule has 1 aromatic rings. The molecule has 1 aromatic carbocycles. The lowest BCUT2D eigenvalue weighted by atomic mass is 10.1. The standard InChI is InChI=1S/C12H14FNO/c1-8(10(3)15)9(2)14-12-7-5-4-6-11(12)13/h4-7,14H,1-3H3. The van der Waals surface area contributed by atoms with Crippen LogP contribution in [0.15, 0.2) is 35.5 Å². The van der Waals surface area contributed by atoms with Crippen molar-refractivity contribution in [1.82, 2.24) is 0 Å². The maximum Gasteiger partial charge on any atom is 0.157 e. The van der Waals surface area contributed by atoms with E-state index in [9.17, 15) is 9.18 Å². The summed E-state index contributed by atoms with van der Waals surface area (Å²) in [4.78, 5) is 11.1. The normalized spacial score (nSPS) is 12.0. The van der Waals surface area contributed by atoms with E-state index in [1.807, 2.05) is 0 Å². The molecule has 0 saturated carbocycles. The van der Waals surface area contributed by atoms with Crippen molar-refractivity contribution in [1.29, 1.82) is 0 Å². The van der Waals surface area contributed by atoms with Crippen LogP contribution in [-0.4, -0.2) is 5.78 Å². The van der Waals surface area contributed by atoms with Gasteiger partial charge >= 0.3 is 0 Å². The third-order valence-electron chi connectivity index (χ3n) is 2.29. The van der Waals surface area contributed by atoms with Gasteiger partial charge in [0, 0.05) is 11.3 Å². The molecule has 80 valence electrons. The summed E-state index contributed by atoms with van der Waals surface area (Å²) >= 11 is 0. The first-order valence-electron chi connectivity index (χ1n) is 4.72. The van der Waals surface area contributed by atoms with Gasteiger partial charge in [-0.15, -0.1) is 0 Å². The third-order valence-corrected chi connectivity index (χ3v) is 2.29. The number of carbonyl (C=O) groups excluding carboxylic acids is 1. The molecule has 2 nitrogen and oxygen atoms in total. The molecule has 0 aliphatic heterocycles. The zero-order valence-corrected chi connectivity index (χ0v) is 9.10. The molecule has 0 atom stereocenters. The molecular weight excluding hydrogens is 193 g/mol. The average molecular weight is 207 g/mol. The van der Waals surface area contributed by atoms with Gasteiger partial charge in [0.05, 0.1) is 5.69 Å². The van der Waals surface area contributed by atoms with Crippen LogP contribution in [0.1, 0.15) is 20.8 Å². The molecule has 0 aromatic heterocycles. The predicted octanol–water partition coefficient (Wildman–Crippen LogP) is 3.12. The Morgan fingerprint density at radius 2 is 1.80 bits per heavy atom. The second-order valence-corrected chi connectivity index (χ2v) is 3.41. The Morgan fingerprint density at radius 3 is 2.33 bits per heavy atom. The van der Waals surface area contributed by atoms with Crippen LogP contribution in [0.2, 0.25) is 0 Å². The molecule has 0 bridgehead atoms. The highest BCUT2D eigenvalue weighted by Gasteiger charge is 2.04. The van der Waals surface area contributed by atoms with E-state index >= 15 is 0 Å². The molecule has 1 N–H and O–H groups in total. The first kappa shape index (κ1) is 11.4. The van der Waals surface area contributed by atoms with Gasteiger partial charge in [0.15, 0.2) is 5.78 Å². The number of rotatable bonds is 3. The number of hydrogen-bond donors (Lipinski definition) is 1. The van der Waals surface area contributed by atoms with Gasteiger partial charge in [0.2, 0.25) is 0 Å². The number of anilines is 1. The molecule has 0 aliphatic rings. The highest BCUT2D eigenvalue weighted by atomic mass is 19.1. The van der Waals surface area contributed by atoms with Crippen LogP contribution < -0.4 is 5.32 Å². The highest BCUT2D eigenvalue weighted by molar-refractivity contribution is 5.93. The summed E-state index contributed by atoms with van der Waals surface area (Å²) in [6.45, 7) is 4.95. The van der Waals surface area contributed by atoms with Crippen molar-refractivity contribution in [3.05, 3.63) is 41.4 Å². The number of carbonyl (C=O) groups is 1. The number of hydrogen-bond acceptors (Lipinski definition) is 2. The summed E-state index contributed by atoms with van der Waals surface area (Å²) in [7, 11) is 0. The van der Waals surface area contributed by atoms with Gasteiger partial charge in [-0.05, 0) is 32.9 Å². The van der Waals surface area contributed by atoms with E-state index in [-0.39, 0.29) is 11.6 Å². The lowest BCUT2D eigenvalue weighted by molar-refractivity contribution is -0.113. The Labute approximate surface area is 88.8 Å². The Morgan fingerprint density at radius 1 is 1.20 bits per heavy atom. The van der Waals surface area contributed by atoms with Crippen LogP contribution in [0.5, 0.6) is 0 Å². The lowest BCUT2D eigenvalue weighted by Crippen LogP contribution is -2.04. The summed E-state index contributed by atoms with van der Waals surface area (Å²) < 4.78 is 13.2.